The van der Waals surface area contributed by atoms with Gasteiger partial charge in [0.2, 0.25) is 0 Å². The number of halogens is 2. The average molecular weight is 303 g/mol. The van der Waals surface area contributed by atoms with Crippen molar-refractivity contribution in [2.24, 2.45) is 17.6 Å². The number of hydrogen-bond donors (Lipinski definition) is 1. The molecular weight excluding hydrogens is 286 g/mol. The Balaban J connectivity index is 2.08. The Kier molecular flexibility index (Phi) is 4.28. The molecule has 1 saturated carbocycles. The molecule has 88 valence electrons. The molecule has 1 aromatic rings. The molecule has 2 rings (SSSR count). The molecule has 1 aliphatic carbocycles. The van der Waals surface area contributed by atoms with Gasteiger partial charge in [-0.15, -0.1) is 0 Å². The van der Waals surface area contributed by atoms with Crippen LogP contribution < -0.4 is 5.73 Å². The standard InChI is InChI=1S/C13H17BrClN/c14-12-5-4-10(13(15)7-12)6-9-2-1-3-11(9)8-16/h4-5,7,9,11H,1-3,6,8,16H2. The second-order valence-electron chi connectivity index (χ2n) is 4.63. The van der Waals surface area contributed by atoms with Crippen molar-refractivity contribution in [3.05, 3.63) is 33.3 Å². The Morgan fingerprint density at radius 2 is 2.06 bits per heavy atom. The van der Waals surface area contributed by atoms with Crippen LogP contribution in [0, 0.1) is 11.8 Å². The molecule has 0 saturated heterocycles. The van der Waals surface area contributed by atoms with Crippen molar-refractivity contribution in [3.8, 4) is 0 Å². The molecule has 16 heavy (non-hydrogen) atoms. The molecule has 0 spiro atoms. The van der Waals surface area contributed by atoms with Gasteiger partial charge >= 0.3 is 0 Å². The van der Waals surface area contributed by atoms with Crippen molar-refractivity contribution in [2.45, 2.75) is 25.7 Å². The normalized spacial score (nSPS) is 24.9. The van der Waals surface area contributed by atoms with Crippen LogP contribution in [0.2, 0.25) is 5.02 Å². The van der Waals surface area contributed by atoms with Crippen LogP contribution in [-0.2, 0) is 6.42 Å². The van der Waals surface area contributed by atoms with E-state index in [1.54, 1.807) is 0 Å². The van der Waals surface area contributed by atoms with E-state index in [0.717, 1.165) is 28.4 Å². The van der Waals surface area contributed by atoms with Crippen LogP contribution in [0.4, 0.5) is 0 Å². The first kappa shape index (κ1) is 12.4. The summed E-state index contributed by atoms with van der Waals surface area (Å²) in [4.78, 5) is 0. The van der Waals surface area contributed by atoms with Gasteiger partial charge in [-0.1, -0.05) is 40.0 Å². The maximum Gasteiger partial charge on any atom is 0.0449 e. The number of rotatable bonds is 3. The molecule has 0 aliphatic heterocycles. The topological polar surface area (TPSA) is 26.0 Å². The van der Waals surface area contributed by atoms with Gasteiger partial charge in [0.25, 0.3) is 0 Å². The highest BCUT2D eigenvalue weighted by atomic mass is 79.9. The molecule has 0 heterocycles. The molecule has 3 heteroatoms. The molecule has 1 aliphatic rings. The van der Waals surface area contributed by atoms with Crippen LogP contribution in [0.5, 0.6) is 0 Å². The summed E-state index contributed by atoms with van der Waals surface area (Å²) in [6.45, 7) is 0.818. The molecule has 2 atom stereocenters. The van der Waals surface area contributed by atoms with E-state index in [-0.39, 0.29) is 0 Å². The van der Waals surface area contributed by atoms with Crippen molar-refractivity contribution < 1.29 is 0 Å². The van der Waals surface area contributed by atoms with Gasteiger partial charge in [-0.05, 0) is 55.3 Å². The van der Waals surface area contributed by atoms with Gasteiger partial charge in [0.15, 0.2) is 0 Å². The lowest BCUT2D eigenvalue weighted by Crippen LogP contribution is -2.20. The second-order valence-corrected chi connectivity index (χ2v) is 5.95. The van der Waals surface area contributed by atoms with E-state index < -0.39 is 0 Å². The summed E-state index contributed by atoms with van der Waals surface area (Å²) in [6, 6.07) is 6.16. The molecule has 0 bridgehead atoms. The first-order valence-electron chi connectivity index (χ1n) is 5.84. The van der Waals surface area contributed by atoms with Crippen molar-refractivity contribution in [1.29, 1.82) is 0 Å². The molecule has 1 fully saturated rings. The van der Waals surface area contributed by atoms with Crippen molar-refractivity contribution >= 4 is 27.5 Å². The highest BCUT2D eigenvalue weighted by Crippen LogP contribution is 2.35. The van der Waals surface area contributed by atoms with Crippen LogP contribution in [0.25, 0.3) is 0 Å². The summed E-state index contributed by atoms with van der Waals surface area (Å²) >= 11 is 9.67. The van der Waals surface area contributed by atoms with Crippen LogP contribution >= 0.6 is 27.5 Å². The fourth-order valence-electron chi connectivity index (χ4n) is 2.66. The first-order valence-corrected chi connectivity index (χ1v) is 7.02. The monoisotopic (exact) mass is 301 g/mol. The fourth-order valence-corrected chi connectivity index (χ4v) is 3.41. The molecule has 2 unspecified atom stereocenters. The zero-order chi connectivity index (χ0) is 11.5. The summed E-state index contributed by atoms with van der Waals surface area (Å²) in [5.41, 5.74) is 7.06. The molecule has 0 aromatic heterocycles. The summed E-state index contributed by atoms with van der Waals surface area (Å²) in [5, 5.41) is 0.872. The van der Waals surface area contributed by atoms with Gasteiger partial charge in [-0.25, -0.2) is 0 Å². The van der Waals surface area contributed by atoms with E-state index >= 15 is 0 Å². The van der Waals surface area contributed by atoms with Gasteiger partial charge < -0.3 is 5.73 Å². The Morgan fingerprint density at radius 1 is 1.31 bits per heavy atom. The third kappa shape index (κ3) is 2.79. The van der Waals surface area contributed by atoms with Crippen LogP contribution in [0.1, 0.15) is 24.8 Å². The van der Waals surface area contributed by atoms with Gasteiger partial charge in [0, 0.05) is 9.50 Å². The van der Waals surface area contributed by atoms with Crippen molar-refractivity contribution in [1.82, 2.24) is 0 Å². The summed E-state index contributed by atoms with van der Waals surface area (Å²) in [6.07, 6.45) is 4.98. The van der Waals surface area contributed by atoms with Gasteiger partial charge in [-0.2, -0.15) is 0 Å². The zero-order valence-corrected chi connectivity index (χ0v) is 11.6. The number of nitrogens with two attached hydrogens (primary N) is 1. The summed E-state index contributed by atoms with van der Waals surface area (Å²) < 4.78 is 1.04. The zero-order valence-electron chi connectivity index (χ0n) is 9.26. The highest BCUT2D eigenvalue weighted by Gasteiger charge is 2.26. The second kappa shape index (κ2) is 5.52. The largest absolute Gasteiger partial charge is 0.330 e. The minimum absolute atomic E-state index is 0.694. The first-order chi connectivity index (χ1) is 7.70. The molecule has 0 radical (unpaired) electrons. The molecule has 2 N–H and O–H groups in total. The van der Waals surface area contributed by atoms with E-state index in [9.17, 15) is 0 Å². The van der Waals surface area contributed by atoms with Gasteiger partial charge in [0.05, 0.1) is 0 Å². The Labute approximate surface area is 110 Å². The van der Waals surface area contributed by atoms with Gasteiger partial charge in [-0.3, -0.25) is 0 Å². The molecule has 1 aromatic carbocycles. The highest BCUT2D eigenvalue weighted by molar-refractivity contribution is 9.10. The molecular formula is C13H17BrClN. The van der Waals surface area contributed by atoms with E-state index in [2.05, 4.69) is 28.1 Å². The minimum atomic E-state index is 0.694. The fraction of sp³-hybridized carbons (Fsp3) is 0.538. The maximum atomic E-state index is 6.24. The summed E-state index contributed by atoms with van der Waals surface area (Å²) in [5.74, 6) is 1.42. The average Bonchev–Trinajstić information content (AvgIpc) is 2.69. The Hall–Kier alpha value is -0.0500. The van der Waals surface area contributed by atoms with Crippen LogP contribution in [0.15, 0.2) is 22.7 Å². The number of benzene rings is 1. The number of hydrogen-bond acceptors (Lipinski definition) is 1. The van der Waals surface area contributed by atoms with E-state index in [1.807, 2.05) is 6.07 Å². The Bertz CT molecular complexity index is 367. The summed E-state index contributed by atoms with van der Waals surface area (Å²) in [7, 11) is 0. The quantitative estimate of drug-likeness (QED) is 0.896. The van der Waals surface area contributed by atoms with Crippen LogP contribution in [0.3, 0.4) is 0 Å². The maximum absolute atomic E-state index is 6.24. The minimum Gasteiger partial charge on any atom is -0.330 e. The smallest absolute Gasteiger partial charge is 0.0449 e. The lowest BCUT2D eigenvalue weighted by Gasteiger charge is -2.18. The van der Waals surface area contributed by atoms with E-state index in [1.165, 1.54) is 24.8 Å². The van der Waals surface area contributed by atoms with Gasteiger partial charge in [0.1, 0.15) is 0 Å². The predicted octanol–water partition coefficient (Wildman–Crippen LogP) is 4.02. The van der Waals surface area contributed by atoms with Crippen molar-refractivity contribution in [3.63, 3.8) is 0 Å². The lowest BCUT2D eigenvalue weighted by molar-refractivity contribution is 0.394. The third-order valence-electron chi connectivity index (χ3n) is 3.62. The van der Waals surface area contributed by atoms with Crippen molar-refractivity contribution in [2.75, 3.05) is 6.54 Å². The SMILES string of the molecule is NCC1CCCC1Cc1ccc(Br)cc1Cl. The lowest BCUT2D eigenvalue weighted by atomic mass is 9.90. The van der Waals surface area contributed by atoms with Crippen LogP contribution in [-0.4, -0.2) is 6.54 Å². The third-order valence-corrected chi connectivity index (χ3v) is 4.46. The molecule has 0 amide bonds. The van der Waals surface area contributed by atoms with E-state index in [0.29, 0.717) is 5.92 Å². The van der Waals surface area contributed by atoms with E-state index in [4.69, 9.17) is 17.3 Å². The molecule has 1 nitrogen and oxygen atoms in total. The Morgan fingerprint density at radius 3 is 2.75 bits per heavy atom. The predicted molar refractivity (Wildman–Crippen MR) is 72.7 cm³/mol.